The fourth-order valence-corrected chi connectivity index (χ4v) is 18.5. The van der Waals surface area contributed by atoms with Crippen LogP contribution in [0.5, 0.6) is 0 Å². The Labute approximate surface area is 370 Å². The largest absolute Gasteiger partial charge is 0.457 e. The SMILES string of the molecule is CCC(O[Si](CC)(CC)CC)C(C)[C@@H]1O[C@H]1CC(C)(/C=C/C=C(\C)[C@H]1OC(=O)C[C@H](O[Si](CC)(CC)CC)CC[C@@](C)(O)[C@@H](OC(C)=O)/C=C/[C@@H]1C)O[Si](CC)(CC)CC. The van der Waals surface area contributed by atoms with Crippen LogP contribution in [0.1, 0.15) is 143 Å². The maximum Gasteiger partial charge on any atom is 0.308 e. The normalized spacial score (nSPS) is 28.9. The van der Waals surface area contributed by atoms with Gasteiger partial charge in [0.25, 0.3) is 0 Å². The minimum Gasteiger partial charge on any atom is -0.457 e. The molecule has 1 fully saturated rings. The van der Waals surface area contributed by atoms with Crippen molar-refractivity contribution in [2.24, 2.45) is 11.8 Å². The standard InChI is InChI=1S/C48H90O9Si3/c1-17-41(56-59(21-5,22-6)23-7)38(13)46-42(53-46)35-47(15,57-60(24-8,25-9)26-10)32-27-28-36(11)45-37(12)29-30-43(52-39(14)49)48(16,51)33-31-40(34-44(50)54-45)55-58(18-2,19-3)20-4/h27-30,32,37-38,40-43,45-46,51H,17-26,31,33-35H2,1-16H3/b30-29+,32-27+,36-28+/t37-,38?,40+,41?,42-,43-,45+,46-,47?,48+/m0/s1. The molecule has 0 aromatic heterocycles. The van der Waals surface area contributed by atoms with Crippen molar-refractivity contribution in [1.82, 2.24) is 0 Å². The molecule has 1 N–H and O–H groups in total. The van der Waals surface area contributed by atoms with Crippen molar-refractivity contribution in [1.29, 1.82) is 0 Å². The lowest BCUT2D eigenvalue weighted by Gasteiger charge is -2.39. The van der Waals surface area contributed by atoms with Crippen molar-refractivity contribution in [2.75, 3.05) is 0 Å². The van der Waals surface area contributed by atoms with Crippen molar-refractivity contribution >= 4 is 36.9 Å². The summed E-state index contributed by atoms with van der Waals surface area (Å²) in [6, 6.07) is 9.36. The van der Waals surface area contributed by atoms with Gasteiger partial charge in [0.05, 0.1) is 30.3 Å². The average molecular weight is 895 g/mol. The van der Waals surface area contributed by atoms with Gasteiger partial charge >= 0.3 is 11.9 Å². The number of esters is 2. The lowest BCUT2D eigenvalue weighted by atomic mass is 9.88. The lowest BCUT2D eigenvalue weighted by molar-refractivity contribution is -0.157. The van der Waals surface area contributed by atoms with E-state index in [1.54, 1.807) is 13.0 Å². The van der Waals surface area contributed by atoms with Crippen LogP contribution in [0.2, 0.25) is 54.4 Å². The van der Waals surface area contributed by atoms with Crippen LogP contribution in [0, 0.1) is 11.8 Å². The predicted octanol–water partition coefficient (Wildman–Crippen LogP) is 12.2. The summed E-state index contributed by atoms with van der Waals surface area (Å²) in [6.45, 7) is 34.0. The van der Waals surface area contributed by atoms with Crippen LogP contribution in [-0.4, -0.2) is 89.8 Å². The minimum absolute atomic E-state index is 0.0838. The van der Waals surface area contributed by atoms with E-state index in [4.69, 9.17) is 27.5 Å². The van der Waals surface area contributed by atoms with E-state index in [-0.39, 0.29) is 36.6 Å². The number of epoxide rings is 1. The van der Waals surface area contributed by atoms with E-state index in [0.717, 1.165) is 72.8 Å². The maximum absolute atomic E-state index is 13.9. The molecule has 1 saturated heterocycles. The third-order valence-electron chi connectivity index (χ3n) is 14.7. The number of cyclic esters (lactones) is 1. The smallest absolute Gasteiger partial charge is 0.308 e. The molecule has 348 valence electrons. The lowest BCUT2D eigenvalue weighted by Crippen LogP contribution is -2.46. The van der Waals surface area contributed by atoms with Gasteiger partial charge in [-0.15, -0.1) is 0 Å². The Kier molecular flexibility index (Phi) is 22.5. The van der Waals surface area contributed by atoms with Gasteiger partial charge in [-0.05, 0) is 106 Å². The molecule has 12 heteroatoms. The first kappa shape index (κ1) is 54.7. The molecule has 0 saturated carbocycles. The van der Waals surface area contributed by atoms with Crippen LogP contribution in [0.4, 0.5) is 0 Å². The molecule has 60 heavy (non-hydrogen) atoms. The highest BCUT2D eigenvalue weighted by Gasteiger charge is 2.51. The van der Waals surface area contributed by atoms with E-state index in [0.29, 0.717) is 18.8 Å². The number of carbonyl (C=O) groups is 2. The number of hydrogen-bond donors (Lipinski definition) is 1. The summed E-state index contributed by atoms with van der Waals surface area (Å²) in [5.74, 6) is -0.775. The van der Waals surface area contributed by atoms with E-state index in [2.05, 4.69) is 95.2 Å². The number of hydrogen-bond acceptors (Lipinski definition) is 9. The monoisotopic (exact) mass is 895 g/mol. The molecule has 2 rings (SSSR count). The Morgan fingerprint density at radius 1 is 0.917 bits per heavy atom. The Bertz CT molecular complexity index is 1380. The number of carbonyl (C=O) groups excluding carboxylic acids is 2. The molecule has 0 aromatic rings. The number of aliphatic hydroxyl groups is 1. The molecule has 0 aliphatic carbocycles. The van der Waals surface area contributed by atoms with Gasteiger partial charge in [0.15, 0.2) is 25.0 Å². The molecule has 10 atom stereocenters. The van der Waals surface area contributed by atoms with Crippen molar-refractivity contribution in [3.05, 3.63) is 36.0 Å². The van der Waals surface area contributed by atoms with E-state index in [1.165, 1.54) is 6.92 Å². The molecule has 0 amide bonds. The van der Waals surface area contributed by atoms with E-state index in [9.17, 15) is 14.7 Å². The van der Waals surface area contributed by atoms with Gasteiger partial charge < -0.3 is 32.6 Å². The highest BCUT2D eigenvalue weighted by atomic mass is 28.4. The third-order valence-corrected chi connectivity index (χ3v) is 28.8. The first-order chi connectivity index (χ1) is 28.2. The van der Waals surface area contributed by atoms with E-state index >= 15 is 0 Å². The molecule has 2 aliphatic heterocycles. The molecule has 0 radical (unpaired) electrons. The fourth-order valence-electron chi connectivity index (χ4n) is 9.45. The summed E-state index contributed by atoms with van der Waals surface area (Å²) in [5, 5.41) is 11.7. The van der Waals surface area contributed by atoms with E-state index in [1.807, 2.05) is 26.0 Å². The Balaban J connectivity index is 2.52. The van der Waals surface area contributed by atoms with Gasteiger partial charge in [-0.2, -0.15) is 0 Å². The summed E-state index contributed by atoms with van der Waals surface area (Å²) < 4.78 is 39.8. The zero-order chi connectivity index (χ0) is 45.5. The number of rotatable bonds is 24. The molecular formula is C48H90O9Si3. The van der Waals surface area contributed by atoms with Crippen LogP contribution < -0.4 is 0 Å². The first-order valence-corrected chi connectivity index (χ1v) is 31.6. The Morgan fingerprint density at radius 3 is 1.97 bits per heavy atom. The molecule has 0 aromatic carbocycles. The number of ether oxygens (including phenoxy) is 3. The summed E-state index contributed by atoms with van der Waals surface area (Å²) in [4.78, 5) is 26.1. The van der Waals surface area contributed by atoms with Crippen LogP contribution in [-0.2, 0) is 37.1 Å². The van der Waals surface area contributed by atoms with Crippen molar-refractivity contribution in [3.63, 3.8) is 0 Å². The Morgan fingerprint density at radius 2 is 1.47 bits per heavy atom. The predicted molar refractivity (Wildman–Crippen MR) is 255 cm³/mol. The summed E-state index contributed by atoms with van der Waals surface area (Å²) in [7, 11) is -5.90. The first-order valence-electron chi connectivity index (χ1n) is 24.0. The molecule has 0 bridgehead atoms. The zero-order valence-electron chi connectivity index (χ0n) is 41.1. The quantitative estimate of drug-likeness (QED) is 0.0333. The number of allylic oxidation sites excluding steroid dienone is 2. The summed E-state index contributed by atoms with van der Waals surface area (Å²) in [5.41, 5.74) is -1.04. The second kappa shape index (κ2) is 24.6. The van der Waals surface area contributed by atoms with Gasteiger partial charge in [0, 0.05) is 31.3 Å². The topological polar surface area (TPSA) is 113 Å². The summed E-state index contributed by atoms with van der Waals surface area (Å²) in [6.07, 6.45) is 11.0. The second-order valence-corrected chi connectivity index (χ2v) is 32.8. The van der Waals surface area contributed by atoms with Crippen LogP contribution in [0.15, 0.2) is 36.0 Å². The fraction of sp³-hybridized carbons (Fsp3) is 0.833. The van der Waals surface area contributed by atoms with E-state index < -0.39 is 60.4 Å². The van der Waals surface area contributed by atoms with Crippen molar-refractivity contribution in [3.8, 4) is 0 Å². The maximum atomic E-state index is 13.9. The molecule has 2 aliphatic rings. The van der Waals surface area contributed by atoms with Crippen LogP contribution >= 0.6 is 0 Å². The van der Waals surface area contributed by atoms with Gasteiger partial charge in [-0.25, -0.2) is 0 Å². The zero-order valence-corrected chi connectivity index (χ0v) is 44.1. The van der Waals surface area contributed by atoms with Gasteiger partial charge in [-0.1, -0.05) is 107 Å². The van der Waals surface area contributed by atoms with Crippen molar-refractivity contribution < 1.29 is 42.2 Å². The molecule has 0 spiro atoms. The summed E-state index contributed by atoms with van der Waals surface area (Å²) >= 11 is 0. The van der Waals surface area contributed by atoms with Crippen LogP contribution in [0.3, 0.4) is 0 Å². The molecular weight excluding hydrogens is 805 g/mol. The molecule has 9 nitrogen and oxygen atoms in total. The minimum atomic E-state index is -2.10. The van der Waals surface area contributed by atoms with Gasteiger partial charge in [0.1, 0.15) is 17.8 Å². The van der Waals surface area contributed by atoms with Gasteiger partial charge in [0.2, 0.25) is 0 Å². The highest BCUT2D eigenvalue weighted by molar-refractivity contribution is 6.74. The third kappa shape index (κ3) is 15.4. The van der Waals surface area contributed by atoms with Crippen molar-refractivity contribution in [2.45, 2.75) is 245 Å². The highest BCUT2D eigenvalue weighted by Crippen LogP contribution is 2.42. The Hall–Kier alpha value is -1.39. The van der Waals surface area contributed by atoms with Crippen LogP contribution in [0.25, 0.3) is 0 Å². The average Bonchev–Trinajstić information content (AvgIpc) is 3.99. The molecule has 2 heterocycles. The van der Waals surface area contributed by atoms with Gasteiger partial charge in [-0.3, -0.25) is 9.59 Å². The second-order valence-electron chi connectivity index (χ2n) is 18.7. The molecule has 3 unspecified atom stereocenters.